The molecule has 1 unspecified atom stereocenters. The summed E-state index contributed by atoms with van der Waals surface area (Å²) in [5.74, 6) is 1.21. The topological polar surface area (TPSA) is 103 Å². The van der Waals surface area contributed by atoms with Crippen LogP contribution in [0, 0.1) is 5.92 Å². The highest BCUT2D eigenvalue weighted by Gasteiger charge is 2.25. The molecule has 0 aliphatic heterocycles. The lowest BCUT2D eigenvalue weighted by Crippen LogP contribution is -2.28. The average molecular weight is 448 g/mol. The second-order valence-electron chi connectivity index (χ2n) is 8.06. The van der Waals surface area contributed by atoms with Gasteiger partial charge in [0, 0.05) is 12.5 Å². The van der Waals surface area contributed by atoms with Gasteiger partial charge in [-0.1, -0.05) is 19.9 Å². The van der Waals surface area contributed by atoms with E-state index in [1.54, 1.807) is 24.4 Å². The monoisotopic (exact) mass is 447 g/mol. The zero-order chi connectivity index (χ0) is 22.8. The number of nitrogens with one attached hydrogen (secondary N) is 1. The minimum absolute atomic E-state index is 0.257. The first-order valence-corrected chi connectivity index (χ1v) is 12.3. The van der Waals surface area contributed by atoms with Gasteiger partial charge in [0.25, 0.3) is 0 Å². The van der Waals surface area contributed by atoms with Crippen molar-refractivity contribution in [3.05, 3.63) is 52.1 Å². The Kier molecular flexibility index (Phi) is 6.74. The Morgan fingerprint density at radius 2 is 1.94 bits per heavy atom. The normalized spacial score (nSPS) is 13.0. The highest BCUT2D eigenvalue weighted by molar-refractivity contribution is 7.90. The van der Waals surface area contributed by atoms with Crippen LogP contribution < -0.4 is 15.2 Å². The smallest absolute Gasteiger partial charge is 0.328 e. The largest absolute Gasteiger partial charge is 0.493 e. The number of imidazole rings is 1. The van der Waals surface area contributed by atoms with Crippen molar-refractivity contribution in [3.63, 3.8) is 0 Å². The Morgan fingerprint density at radius 3 is 2.55 bits per heavy atom. The third-order valence-corrected chi connectivity index (χ3v) is 5.82. The molecule has 0 spiro atoms. The first kappa shape index (κ1) is 22.9. The molecule has 1 aromatic carbocycles. The third-order valence-electron chi connectivity index (χ3n) is 4.90. The molecule has 0 aliphatic rings. The number of rotatable bonds is 9. The molecule has 0 amide bonds. The minimum atomic E-state index is -3.42. The summed E-state index contributed by atoms with van der Waals surface area (Å²) in [6.07, 6.45) is 3.73. The van der Waals surface area contributed by atoms with Crippen LogP contribution >= 0.6 is 0 Å². The molecule has 0 saturated carbocycles. The maximum atomic E-state index is 12.9. The number of pyridine rings is 1. The summed E-state index contributed by atoms with van der Waals surface area (Å²) < 4.78 is 36.9. The van der Waals surface area contributed by atoms with Gasteiger partial charge in [-0.25, -0.2) is 18.2 Å². The molecule has 9 heteroatoms. The fraction of sp³-hybridized carbons (Fsp3) is 0.455. The molecule has 1 atom stereocenters. The van der Waals surface area contributed by atoms with Crippen LogP contribution in [-0.2, 0) is 16.3 Å². The van der Waals surface area contributed by atoms with Crippen LogP contribution in [0.1, 0.15) is 37.9 Å². The number of hydrogen-bond donors (Lipinski definition) is 1. The van der Waals surface area contributed by atoms with E-state index in [2.05, 4.69) is 23.8 Å². The van der Waals surface area contributed by atoms with Gasteiger partial charge in [0.15, 0.2) is 17.1 Å². The summed E-state index contributed by atoms with van der Waals surface area (Å²) in [7, 11) is -1.89. The number of benzene rings is 1. The standard InChI is InChI=1S/C22H29N3O5S/c1-6-30-20-11-16(7-8-19(20)29-4)18(13-31(5,27)28)25-21-17(24-22(25)26)10-15(12-23-21)9-14(2)3/h7-8,10-12,14,18H,6,9,13H2,1-5H3,(H,24,26). The van der Waals surface area contributed by atoms with Crippen LogP contribution in [0.5, 0.6) is 11.5 Å². The van der Waals surface area contributed by atoms with Crippen LogP contribution in [0.3, 0.4) is 0 Å². The van der Waals surface area contributed by atoms with E-state index in [1.165, 1.54) is 11.7 Å². The predicted molar refractivity (Wildman–Crippen MR) is 121 cm³/mol. The van der Waals surface area contributed by atoms with Gasteiger partial charge in [0.05, 0.1) is 31.0 Å². The Labute approximate surface area is 182 Å². The van der Waals surface area contributed by atoms with Gasteiger partial charge in [-0.3, -0.25) is 4.57 Å². The minimum Gasteiger partial charge on any atom is -0.493 e. The van der Waals surface area contributed by atoms with Crippen molar-refractivity contribution in [2.75, 3.05) is 25.7 Å². The van der Waals surface area contributed by atoms with Gasteiger partial charge in [0.2, 0.25) is 0 Å². The van der Waals surface area contributed by atoms with Gasteiger partial charge in [-0.05, 0) is 48.6 Å². The van der Waals surface area contributed by atoms with Gasteiger partial charge < -0.3 is 14.5 Å². The molecule has 2 aromatic heterocycles. The maximum absolute atomic E-state index is 12.9. The van der Waals surface area contributed by atoms with Crippen LogP contribution in [0.15, 0.2) is 35.3 Å². The molecular weight excluding hydrogens is 418 g/mol. The highest BCUT2D eigenvalue weighted by Crippen LogP contribution is 2.32. The summed E-state index contributed by atoms with van der Waals surface area (Å²) in [4.78, 5) is 20.3. The second kappa shape index (κ2) is 9.13. The lowest BCUT2D eigenvalue weighted by Gasteiger charge is -2.20. The summed E-state index contributed by atoms with van der Waals surface area (Å²) in [5, 5.41) is 0. The fourth-order valence-corrected chi connectivity index (χ4v) is 4.62. The second-order valence-corrected chi connectivity index (χ2v) is 10.2. The molecule has 0 fully saturated rings. The third kappa shape index (κ3) is 5.28. The van der Waals surface area contributed by atoms with E-state index in [-0.39, 0.29) is 5.75 Å². The van der Waals surface area contributed by atoms with Crippen molar-refractivity contribution in [1.29, 1.82) is 0 Å². The van der Waals surface area contributed by atoms with E-state index in [4.69, 9.17) is 9.47 Å². The molecule has 0 bridgehead atoms. The SMILES string of the molecule is CCOc1cc(C(CS(C)(=O)=O)n2c(=O)[nH]c3cc(CC(C)C)cnc32)ccc1OC. The van der Waals surface area contributed by atoms with Crippen molar-refractivity contribution in [1.82, 2.24) is 14.5 Å². The van der Waals surface area contributed by atoms with Crippen molar-refractivity contribution in [3.8, 4) is 11.5 Å². The van der Waals surface area contributed by atoms with Crippen LogP contribution in [0.4, 0.5) is 0 Å². The number of aromatic nitrogens is 3. The zero-order valence-corrected chi connectivity index (χ0v) is 19.3. The van der Waals surface area contributed by atoms with Crippen molar-refractivity contribution >= 4 is 21.0 Å². The Hall–Kier alpha value is -2.81. The molecule has 1 N–H and O–H groups in total. The summed E-state index contributed by atoms with van der Waals surface area (Å²) in [6, 6.07) is 6.30. The Bertz CT molecular complexity index is 1230. The molecule has 3 rings (SSSR count). The molecule has 168 valence electrons. The first-order chi connectivity index (χ1) is 14.6. The van der Waals surface area contributed by atoms with Gasteiger partial charge in [0.1, 0.15) is 9.84 Å². The molecule has 31 heavy (non-hydrogen) atoms. The quantitative estimate of drug-likeness (QED) is 0.541. The molecule has 0 radical (unpaired) electrons. The fourth-order valence-electron chi connectivity index (χ4n) is 3.70. The van der Waals surface area contributed by atoms with E-state index < -0.39 is 21.6 Å². The molecule has 3 aromatic rings. The number of fused-ring (bicyclic) bond motifs is 1. The summed E-state index contributed by atoms with van der Waals surface area (Å²) >= 11 is 0. The molecule has 8 nitrogen and oxygen atoms in total. The van der Waals surface area contributed by atoms with E-state index in [0.717, 1.165) is 18.2 Å². The van der Waals surface area contributed by atoms with Crippen LogP contribution in [0.2, 0.25) is 0 Å². The summed E-state index contributed by atoms with van der Waals surface area (Å²) in [6.45, 7) is 6.49. The van der Waals surface area contributed by atoms with E-state index in [0.29, 0.717) is 40.8 Å². The van der Waals surface area contributed by atoms with Gasteiger partial charge >= 0.3 is 5.69 Å². The summed E-state index contributed by atoms with van der Waals surface area (Å²) in [5.41, 5.74) is 2.22. The number of methoxy groups -OCH3 is 1. The van der Waals surface area contributed by atoms with E-state index >= 15 is 0 Å². The predicted octanol–water partition coefficient (Wildman–Crippen LogP) is 2.96. The Morgan fingerprint density at radius 1 is 1.19 bits per heavy atom. The molecule has 2 heterocycles. The number of aromatic amines is 1. The number of hydrogen-bond acceptors (Lipinski definition) is 6. The highest BCUT2D eigenvalue weighted by atomic mass is 32.2. The van der Waals surface area contributed by atoms with Crippen molar-refractivity contribution < 1.29 is 17.9 Å². The molecule has 0 saturated heterocycles. The molecule has 0 aliphatic carbocycles. The lowest BCUT2D eigenvalue weighted by molar-refractivity contribution is 0.310. The number of sulfone groups is 1. The number of nitrogens with zero attached hydrogens (tertiary/aromatic N) is 2. The average Bonchev–Trinajstić information content (AvgIpc) is 3.00. The van der Waals surface area contributed by atoms with Gasteiger partial charge in [-0.2, -0.15) is 0 Å². The van der Waals surface area contributed by atoms with Crippen molar-refractivity contribution in [2.45, 2.75) is 33.2 Å². The number of H-pyrrole nitrogens is 1. The maximum Gasteiger partial charge on any atom is 0.328 e. The number of ether oxygens (including phenoxy) is 2. The van der Waals surface area contributed by atoms with E-state index in [9.17, 15) is 13.2 Å². The van der Waals surface area contributed by atoms with Crippen LogP contribution in [-0.4, -0.2) is 48.7 Å². The van der Waals surface area contributed by atoms with Crippen molar-refractivity contribution in [2.24, 2.45) is 5.92 Å². The van der Waals surface area contributed by atoms with Gasteiger partial charge in [-0.15, -0.1) is 0 Å². The molecular formula is C22H29N3O5S. The zero-order valence-electron chi connectivity index (χ0n) is 18.5. The first-order valence-electron chi connectivity index (χ1n) is 10.2. The Balaban J connectivity index is 2.18. The van der Waals surface area contributed by atoms with Crippen LogP contribution in [0.25, 0.3) is 11.2 Å². The lowest BCUT2D eigenvalue weighted by atomic mass is 10.0. The van der Waals surface area contributed by atoms with E-state index in [1.807, 2.05) is 13.0 Å².